The quantitative estimate of drug-likeness (QED) is 0.468. The Bertz CT molecular complexity index is 1100. The predicted molar refractivity (Wildman–Crippen MR) is 88.8 cm³/mol. The molecule has 0 fully saturated rings. The first kappa shape index (κ1) is 13.5. The first-order valence-electron chi connectivity index (χ1n) is 7.96. The van der Waals surface area contributed by atoms with Gasteiger partial charge in [0.05, 0.1) is 34.9 Å². The molecule has 5 nitrogen and oxygen atoms in total. The molecule has 1 unspecified atom stereocenters. The van der Waals surface area contributed by atoms with Crippen LogP contribution in [0.2, 0.25) is 0 Å². The molecule has 2 aliphatic rings. The Labute approximate surface area is 137 Å². The van der Waals surface area contributed by atoms with Crippen LogP contribution in [-0.2, 0) is 22.7 Å². The molecular weight excluding hydrogens is 304 g/mol. The summed E-state index contributed by atoms with van der Waals surface area (Å²) in [5.74, 6) is -0.701. The molecule has 0 N–H and O–H groups in total. The fourth-order valence-corrected chi connectivity index (χ4v) is 3.66. The lowest BCUT2D eigenvalue weighted by Crippen LogP contribution is -2.31. The SMILES string of the molecule is CC1C(=O)OCc2c1cc1n(c2=O)Cc2cc3ccccc3nc2-1. The van der Waals surface area contributed by atoms with E-state index in [1.165, 1.54) is 0 Å². The molecule has 4 heterocycles. The van der Waals surface area contributed by atoms with Gasteiger partial charge in [-0.3, -0.25) is 9.59 Å². The van der Waals surface area contributed by atoms with Gasteiger partial charge in [-0.15, -0.1) is 0 Å². The van der Waals surface area contributed by atoms with Gasteiger partial charge < -0.3 is 9.30 Å². The third kappa shape index (κ3) is 1.67. The van der Waals surface area contributed by atoms with Gasteiger partial charge in [0, 0.05) is 10.9 Å². The number of ether oxygens (including phenoxy) is 1. The number of fused-ring (bicyclic) bond motifs is 5. The average molecular weight is 318 g/mol. The van der Waals surface area contributed by atoms with Crippen LogP contribution in [0, 0.1) is 0 Å². The van der Waals surface area contributed by atoms with Crippen molar-refractivity contribution in [1.29, 1.82) is 0 Å². The summed E-state index contributed by atoms with van der Waals surface area (Å²) >= 11 is 0. The molecule has 5 heteroatoms. The van der Waals surface area contributed by atoms with E-state index < -0.39 is 5.92 Å². The fraction of sp³-hybridized carbons (Fsp3) is 0.211. The van der Waals surface area contributed by atoms with Crippen molar-refractivity contribution >= 4 is 16.9 Å². The van der Waals surface area contributed by atoms with Crippen molar-refractivity contribution in [2.45, 2.75) is 26.0 Å². The molecule has 0 saturated carbocycles. The van der Waals surface area contributed by atoms with Gasteiger partial charge in [-0.1, -0.05) is 18.2 Å². The summed E-state index contributed by atoms with van der Waals surface area (Å²) in [6.07, 6.45) is 0. The van der Waals surface area contributed by atoms with E-state index in [-0.39, 0.29) is 18.1 Å². The molecule has 0 aliphatic carbocycles. The number of rotatable bonds is 0. The maximum Gasteiger partial charge on any atom is 0.313 e. The first-order valence-corrected chi connectivity index (χ1v) is 7.96. The van der Waals surface area contributed by atoms with Crippen LogP contribution in [-0.4, -0.2) is 15.5 Å². The van der Waals surface area contributed by atoms with Crippen LogP contribution in [0.15, 0.2) is 41.2 Å². The molecule has 2 aliphatic heterocycles. The predicted octanol–water partition coefficient (Wildman–Crippen LogP) is 2.59. The standard InChI is InChI=1S/C19H14N2O3/c1-10-13-7-16-17-12(6-11-4-2-3-5-15(11)20-17)8-21(16)18(22)14(13)9-24-19(10)23/h2-7,10H,8-9H2,1H3. The second kappa shape index (κ2) is 4.54. The lowest BCUT2D eigenvalue weighted by Gasteiger charge is -2.22. The molecule has 0 amide bonds. The summed E-state index contributed by atoms with van der Waals surface area (Å²) in [5.41, 5.74) is 4.84. The monoisotopic (exact) mass is 318 g/mol. The Morgan fingerprint density at radius 2 is 2.04 bits per heavy atom. The number of hydrogen-bond acceptors (Lipinski definition) is 4. The highest BCUT2D eigenvalue weighted by Gasteiger charge is 2.32. The van der Waals surface area contributed by atoms with Crippen molar-refractivity contribution in [2.24, 2.45) is 0 Å². The second-order valence-electron chi connectivity index (χ2n) is 6.37. The van der Waals surface area contributed by atoms with Crippen molar-refractivity contribution in [3.8, 4) is 11.4 Å². The number of benzene rings is 1. The first-order chi connectivity index (χ1) is 11.6. The maximum absolute atomic E-state index is 12.9. The summed E-state index contributed by atoms with van der Waals surface area (Å²) in [5, 5.41) is 1.06. The highest BCUT2D eigenvalue weighted by molar-refractivity contribution is 5.85. The molecule has 0 spiro atoms. The van der Waals surface area contributed by atoms with Crippen molar-refractivity contribution in [3.63, 3.8) is 0 Å². The second-order valence-corrected chi connectivity index (χ2v) is 6.37. The zero-order chi connectivity index (χ0) is 16.4. The van der Waals surface area contributed by atoms with Crippen molar-refractivity contribution < 1.29 is 9.53 Å². The van der Waals surface area contributed by atoms with Crippen LogP contribution in [0.4, 0.5) is 0 Å². The van der Waals surface area contributed by atoms with E-state index in [1.54, 1.807) is 11.5 Å². The van der Waals surface area contributed by atoms with Crippen LogP contribution in [0.1, 0.15) is 29.5 Å². The van der Waals surface area contributed by atoms with Gasteiger partial charge in [0.15, 0.2) is 0 Å². The lowest BCUT2D eigenvalue weighted by atomic mass is 9.94. The molecule has 24 heavy (non-hydrogen) atoms. The van der Waals surface area contributed by atoms with Gasteiger partial charge in [0.25, 0.3) is 5.56 Å². The molecule has 1 atom stereocenters. The summed E-state index contributed by atoms with van der Waals surface area (Å²) in [7, 11) is 0. The van der Waals surface area contributed by atoms with Crippen LogP contribution in [0.5, 0.6) is 0 Å². The van der Waals surface area contributed by atoms with Crippen LogP contribution in [0.25, 0.3) is 22.3 Å². The fourth-order valence-electron chi connectivity index (χ4n) is 3.66. The number of esters is 1. The van der Waals surface area contributed by atoms with Crippen LogP contribution < -0.4 is 5.56 Å². The number of nitrogens with zero attached hydrogens (tertiary/aromatic N) is 2. The number of carbonyl (C=O) groups excluding carboxylic acids is 1. The smallest absolute Gasteiger partial charge is 0.313 e. The Morgan fingerprint density at radius 3 is 2.92 bits per heavy atom. The van der Waals surface area contributed by atoms with E-state index in [9.17, 15) is 9.59 Å². The minimum atomic E-state index is -0.420. The minimum absolute atomic E-state index is 0.0589. The number of aromatic nitrogens is 2. The number of carbonyl (C=O) groups is 1. The molecule has 5 rings (SSSR count). The molecule has 118 valence electrons. The number of hydrogen-bond donors (Lipinski definition) is 0. The topological polar surface area (TPSA) is 61.2 Å². The zero-order valence-electron chi connectivity index (χ0n) is 13.1. The Morgan fingerprint density at radius 1 is 1.21 bits per heavy atom. The third-order valence-electron chi connectivity index (χ3n) is 4.99. The van der Waals surface area contributed by atoms with E-state index in [2.05, 4.69) is 6.07 Å². The van der Waals surface area contributed by atoms with E-state index in [4.69, 9.17) is 9.72 Å². The molecule has 0 radical (unpaired) electrons. The molecule has 3 aromatic rings. The van der Waals surface area contributed by atoms with Crippen LogP contribution >= 0.6 is 0 Å². The van der Waals surface area contributed by atoms with Gasteiger partial charge in [-0.05, 0) is 30.7 Å². The average Bonchev–Trinajstić information content (AvgIpc) is 2.95. The Hall–Kier alpha value is -2.95. The number of pyridine rings is 2. The largest absolute Gasteiger partial charge is 0.460 e. The number of para-hydroxylation sites is 1. The summed E-state index contributed by atoms with van der Waals surface area (Å²) < 4.78 is 6.87. The Balaban J connectivity index is 1.80. The van der Waals surface area contributed by atoms with Gasteiger partial charge >= 0.3 is 5.97 Å². The summed E-state index contributed by atoms with van der Waals surface area (Å²) in [4.78, 5) is 29.5. The Kier molecular flexibility index (Phi) is 2.55. The van der Waals surface area contributed by atoms with E-state index in [0.717, 1.165) is 33.4 Å². The normalized spacial score (nSPS) is 18.0. The van der Waals surface area contributed by atoms with Gasteiger partial charge in [0.2, 0.25) is 0 Å². The maximum atomic E-state index is 12.9. The zero-order valence-corrected chi connectivity index (χ0v) is 13.1. The number of cyclic esters (lactones) is 1. The molecule has 0 bridgehead atoms. The highest BCUT2D eigenvalue weighted by atomic mass is 16.5. The van der Waals surface area contributed by atoms with Gasteiger partial charge in [-0.25, -0.2) is 4.98 Å². The third-order valence-corrected chi connectivity index (χ3v) is 4.99. The van der Waals surface area contributed by atoms with E-state index >= 15 is 0 Å². The highest BCUT2D eigenvalue weighted by Crippen LogP contribution is 2.35. The molecule has 2 aromatic heterocycles. The minimum Gasteiger partial charge on any atom is -0.460 e. The van der Waals surface area contributed by atoms with Crippen LogP contribution in [0.3, 0.4) is 0 Å². The van der Waals surface area contributed by atoms with Crippen molar-refractivity contribution in [3.05, 3.63) is 63.4 Å². The van der Waals surface area contributed by atoms with Gasteiger partial charge in [-0.2, -0.15) is 0 Å². The molecule has 1 aromatic carbocycles. The van der Waals surface area contributed by atoms with Crippen molar-refractivity contribution in [2.75, 3.05) is 0 Å². The molecular formula is C19H14N2O3. The summed E-state index contributed by atoms with van der Waals surface area (Å²) in [6, 6.07) is 12.0. The van der Waals surface area contributed by atoms with E-state index in [0.29, 0.717) is 12.1 Å². The lowest BCUT2D eigenvalue weighted by molar-refractivity contribution is -0.147. The summed E-state index contributed by atoms with van der Waals surface area (Å²) in [6.45, 7) is 2.35. The van der Waals surface area contributed by atoms with Gasteiger partial charge in [0.1, 0.15) is 6.61 Å². The molecule has 0 saturated heterocycles. The van der Waals surface area contributed by atoms with E-state index in [1.807, 2.05) is 30.3 Å². The van der Waals surface area contributed by atoms with Crippen molar-refractivity contribution in [1.82, 2.24) is 9.55 Å².